The van der Waals surface area contributed by atoms with Crippen LogP contribution in [0.5, 0.6) is 5.88 Å². The predicted octanol–water partition coefficient (Wildman–Crippen LogP) is 1.61. The number of hydrogen-bond donors (Lipinski definition) is 1. The molecule has 0 bridgehead atoms. The van der Waals surface area contributed by atoms with Gasteiger partial charge in [-0.05, 0) is 12.1 Å². The van der Waals surface area contributed by atoms with E-state index in [-0.39, 0.29) is 5.82 Å². The molecule has 0 aliphatic heterocycles. The van der Waals surface area contributed by atoms with Gasteiger partial charge in [-0.15, -0.1) is 12.3 Å². The zero-order chi connectivity index (χ0) is 11.4. The quantitative estimate of drug-likeness (QED) is 0.621. The van der Waals surface area contributed by atoms with Gasteiger partial charge in [0.2, 0.25) is 0 Å². The minimum absolute atomic E-state index is 0.288. The van der Waals surface area contributed by atoms with Crippen LogP contribution in [0, 0.1) is 12.3 Å². The minimum atomic E-state index is 0.288. The molecule has 2 rings (SSSR count). The summed E-state index contributed by atoms with van der Waals surface area (Å²) in [5.74, 6) is 3.11. The number of aromatic nitrogens is 2. The molecule has 0 aliphatic rings. The second-order valence-corrected chi connectivity index (χ2v) is 3.21. The maximum Gasteiger partial charge on any atom is 0.257 e. The maximum absolute atomic E-state index is 5.72. The Hall–Kier alpha value is -2.28. The lowest BCUT2D eigenvalue weighted by Crippen LogP contribution is -2.03. The summed E-state index contributed by atoms with van der Waals surface area (Å²) in [4.78, 5) is 8.46. The molecule has 0 atom stereocenters. The standard InChI is InChI=1S/C12H11N3O/c1-2-3-8-16-12-11(13)14-9-6-4-5-7-10(9)15-12/h1,4-7H,3,8H2,(H2,13,14). The first kappa shape index (κ1) is 10.2. The Labute approximate surface area is 93.5 Å². The molecule has 1 aromatic heterocycles. The molecule has 0 saturated carbocycles. The van der Waals surface area contributed by atoms with Gasteiger partial charge in [0, 0.05) is 6.42 Å². The average Bonchev–Trinajstić information content (AvgIpc) is 2.30. The van der Waals surface area contributed by atoms with Crippen molar-refractivity contribution in [1.29, 1.82) is 0 Å². The van der Waals surface area contributed by atoms with Gasteiger partial charge in [0.1, 0.15) is 6.61 Å². The minimum Gasteiger partial charge on any atom is -0.474 e. The number of fused-ring (bicyclic) bond motifs is 1. The van der Waals surface area contributed by atoms with Crippen LogP contribution in [-0.2, 0) is 0 Å². The molecular weight excluding hydrogens is 202 g/mol. The van der Waals surface area contributed by atoms with E-state index in [2.05, 4.69) is 15.9 Å². The van der Waals surface area contributed by atoms with Crippen molar-refractivity contribution in [2.75, 3.05) is 12.3 Å². The van der Waals surface area contributed by atoms with E-state index < -0.39 is 0 Å². The number of anilines is 1. The number of ether oxygens (including phenoxy) is 1. The number of para-hydroxylation sites is 2. The van der Waals surface area contributed by atoms with Crippen molar-refractivity contribution in [2.45, 2.75) is 6.42 Å². The predicted molar refractivity (Wildman–Crippen MR) is 62.9 cm³/mol. The Bertz CT molecular complexity index is 545. The lowest BCUT2D eigenvalue weighted by Gasteiger charge is -2.06. The van der Waals surface area contributed by atoms with Crippen LogP contribution in [0.4, 0.5) is 5.82 Å². The van der Waals surface area contributed by atoms with Crippen molar-refractivity contribution < 1.29 is 4.74 Å². The van der Waals surface area contributed by atoms with Crippen molar-refractivity contribution in [3.05, 3.63) is 24.3 Å². The molecule has 0 amide bonds. The van der Waals surface area contributed by atoms with E-state index in [1.54, 1.807) is 0 Å². The third-order valence-corrected chi connectivity index (χ3v) is 2.05. The topological polar surface area (TPSA) is 61.0 Å². The van der Waals surface area contributed by atoms with E-state index >= 15 is 0 Å². The second-order valence-electron chi connectivity index (χ2n) is 3.21. The van der Waals surface area contributed by atoms with Crippen molar-refractivity contribution >= 4 is 16.9 Å². The summed E-state index contributed by atoms with van der Waals surface area (Å²) in [6.07, 6.45) is 5.65. The van der Waals surface area contributed by atoms with Crippen molar-refractivity contribution in [3.63, 3.8) is 0 Å². The van der Waals surface area contributed by atoms with Gasteiger partial charge in [0.25, 0.3) is 5.88 Å². The maximum atomic E-state index is 5.72. The number of nitrogens with zero attached hydrogens (tertiary/aromatic N) is 2. The van der Waals surface area contributed by atoms with Crippen LogP contribution < -0.4 is 10.5 Å². The van der Waals surface area contributed by atoms with Crippen molar-refractivity contribution in [3.8, 4) is 18.2 Å². The van der Waals surface area contributed by atoms with E-state index in [4.69, 9.17) is 16.9 Å². The molecule has 2 aromatic rings. The van der Waals surface area contributed by atoms with Gasteiger partial charge in [0.15, 0.2) is 5.82 Å². The summed E-state index contributed by atoms with van der Waals surface area (Å²) in [5.41, 5.74) is 7.23. The van der Waals surface area contributed by atoms with Crippen LogP contribution in [0.15, 0.2) is 24.3 Å². The zero-order valence-electron chi connectivity index (χ0n) is 8.68. The number of hydrogen-bond acceptors (Lipinski definition) is 4. The second kappa shape index (κ2) is 4.49. The van der Waals surface area contributed by atoms with E-state index in [0.717, 1.165) is 11.0 Å². The molecule has 80 valence electrons. The monoisotopic (exact) mass is 213 g/mol. The lowest BCUT2D eigenvalue weighted by molar-refractivity contribution is 0.316. The Kier molecular flexibility index (Phi) is 2.88. The molecule has 0 spiro atoms. The molecule has 1 aromatic carbocycles. The number of rotatable bonds is 3. The molecule has 0 fully saturated rings. The molecule has 0 unspecified atom stereocenters. The Balaban J connectivity index is 2.32. The lowest BCUT2D eigenvalue weighted by atomic mass is 10.3. The first-order chi connectivity index (χ1) is 7.81. The van der Waals surface area contributed by atoms with Crippen LogP contribution in [0.3, 0.4) is 0 Å². The third-order valence-electron chi connectivity index (χ3n) is 2.05. The Morgan fingerprint density at radius 3 is 2.62 bits per heavy atom. The highest BCUT2D eigenvalue weighted by atomic mass is 16.5. The van der Waals surface area contributed by atoms with Crippen LogP contribution in [-0.4, -0.2) is 16.6 Å². The van der Waals surface area contributed by atoms with E-state index in [0.29, 0.717) is 18.9 Å². The molecule has 0 saturated heterocycles. The van der Waals surface area contributed by atoms with Gasteiger partial charge in [-0.25, -0.2) is 9.97 Å². The Morgan fingerprint density at radius 1 is 1.25 bits per heavy atom. The highest BCUT2D eigenvalue weighted by Gasteiger charge is 2.05. The summed E-state index contributed by atoms with van der Waals surface area (Å²) >= 11 is 0. The smallest absolute Gasteiger partial charge is 0.257 e. The van der Waals surface area contributed by atoms with Crippen LogP contribution in [0.1, 0.15) is 6.42 Å². The number of nitrogens with two attached hydrogens (primary N) is 1. The summed E-state index contributed by atoms with van der Waals surface area (Å²) in [7, 11) is 0. The zero-order valence-corrected chi connectivity index (χ0v) is 8.68. The van der Waals surface area contributed by atoms with E-state index in [9.17, 15) is 0 Å². The molecule has 2 N–H and O–H groups in total. The van der Waals surface area contributed by atoms with Crippen molar-refractivity contribution in [1.82, 2.24) is 9.97 Å². The fourth-order valence-electron chi connectivity index (χ4n) is 1.31. The molecule has 0 aliphatic carbocycles. The first-order valence-electron chi connectivity index (χ1n) is 4.90. The van der Waals surface area contributed by atoms with E-state index in [1.807, 2.05) is 24.3 Å². The molecule has 4 heteroatoms. The average molecular weight is 213 g/mol. The third kappa shape index (κ3) is 2.04. The molecule has 4 nitrogen and oxygen atoms in total. The number of benzene rings is 1. The molecule has 1 heterocycles. The normalized spacial score (nSPS) is 9.94. The fourth-order valence-corrected chi connectivity index (χ4v) is 1.31. The van der Waals surface area contributed by atoms with Crippen LogP contribution >= 0.6 is 0 Å². The van der Waals surface area contributed by atoms with Gasteiger partial charge in [0.05, 0.1) is 11.0 Å². The fraction of sp³-hybridized carbons (Fsp3) is 0.167. The number of nitrogen functional groups attached to an aromatic ring is 1. The van der Waals surface area contributed by atoms with Crippen LogP contribution in [0.2, 0.25) is 0 Å². The summed E-state index contributed by atoms with van der Waals surface area (Å²) in [6, 6.07) is 7.48. The van der Waals surface area contributed by atoms with Crippen LogP contribution in [0.25, 0.3) is 11.0 Å². The Morgan fingerprint density at radius 2 is 1.94 bits per heavy atom. The SMILES string of the molecule is C#CCCOc1nc2ccccc2nc1N. The summed E-state index contributed by atoms with van der Waals surface area (Å²) in [5, 5.41) is 0. The van der Waals surface area contributed by atoms with Gasteiger partial charge < -0.3 is 10.5 Å². The summed E-state index contributed by atoms with van der Waals surface area (Å²) in [6.45, 7) is 0.397. The van der Waals surface area contributed by atoms with Gasteiger partial charge in [-0.1, -0.05) is 12.1 Å². The molecule has 16 heavy (non-hydrogen) atoms. The highest BCUT2D eigenvalue weighted by Crippen LogP contribution is 2.20. The van der Waals surface area contributed by atoms with E-state index in [1.165, 1.54) is 0 Å². The van der Waals surface area contributed by atoms with Gasteiger partial charge in [-0.2, -0.15) is 0 Å². The summed E-state index contributed by atoms with van der Waals surface area (Å²) < 4.78 is 5.34. The number of terminal acetylenes is 1. The largest absolute Gasteiger partial charge is 0.474 e. The first-order valence-corrected chi connectivity index (χ1v) is 4.90. The van der Waals surface area contributed by atoms with Gasteiger partial charge >= 0.3 is 0 Å². The molecule has 0 radical (unpaired) electrons. The highest BCUT2D eigenvalue weighted by molar-refractivity contribution is 5.76. The molecular formula is C12H11N3O. The van der Waals surface area contributed by atoms with Gasteiger partial charge in [-0.3, -0.25) is 0 Å². The van der Waals surface area contributed by atoms with Crippen molar-refractivity contribution in [2.24, 2.45) is 0 Å².